The molecule has 1 aliphatic carbocycles. The molecule has 0 aliphatic heterocycles. The van der Waals surface area contributed by atoms with Gasteiger partial charge in [0.25, 0.3) is 0 Å². The first-order valence-electron chi connectivity index (χ1n) is 3.79. The Morgan fingerprint density at radius 1 is 1.18 bits per heavy atom. The fourth-order valence-corrected chi connectivity index (χ4v) is 1.66. The lowest BCUT2D eigenvalue weighted by molar-refractivity contribution is -0.218. The average molecular weight is 167 g/mol. The molecule has 0 heterocycles. The number of alkyl halides is 3. The summed E-state index contributed by atoms with van der Waals surface area (Å²) in [7, 11) is 0. The zero-order valence-electron chi connectivity index (χ0n) is 6.25. The van der Waals surface area contributed by atoms with Crippen molar-refractivity contribution in [2.24, 2.45) is 11.1 Å². The van der Waals surface area contributed by atoms with Crippen LogP contribution in [0.5, 0.6) is 0 Å². The summed E-state index contributed by atoms with van der Waals surface area (Å²) in [5.74, 6) is 0. The minimum absolute atomic E-state index is 0.215. The van der Waals surface area contributed by atoms with Gasteiger partial charge >= 0.3 is 6.18 Å². The van der Waals surface area contributed by atoms with Crippen LogP contribution in [0.15, 0.2) is 0 Å². The number of nitrogens with two attached hydrogens (primary N) is 1. The van der Waals surface area contributed by atoms with E-state index in [-0.39, 0.29) is 19.4 Å². The molecule has 0 atom stereocenters. The molecule has 2 N–H and O–H groups in total. The van der Waals surface area contributed by atoms with Crippen LogP contribution in [0.4, 0.5) is 13.2 Å². The molecule has 1 rings (SSSR count). The molecular weight excluding hydrogens is 155 g/mol. The minimum atomic E-state index is -4.10. The van der Waals surface area contributed by atoms with Gasteiger partial charge in [-0.25, -0.2) is 0 Å². The first-order valence-corrected chi connectivity index (χ1v) is 3.79. The number of hydrogen-bond acceptors (Lipinski definition) is 1. The maximum atomic E-state index is 12.3. The van der Waals surface area contributed by atoms with E-state index in [1.807, 2.05) is 0 Å². The molecule has 0 aromatic carbocycles. The lowest BCUT2D eigenvalue weighted by Gasteiger charge is -2.29. The lowest BCUT2D eigenvalue weighted by Crippen LogP contribution is -2.41. The average Bonchev–Trinajstić information content (AvgIpc) is 2.33. The highest BCUT2D eigenvalue weighted by Gasteiger charge is 2.54. The van der Waals surface area contributed by atoms with Gasteiger partial charge in [-0.3, -0.25) is 0 Å². The van der Waals surface area contributed by atoms with Gasteiger partial charge in [0.15, 0.2) is 0 Å². The van der Waals surface area contributed by atoms with Crippen LogP contribution in [0.2, 0.25) is 0 Å². The number of rotatable bonds is 1. The molecule has 1 saturated carbocycles. The van der Waals surface area contributed by atoms with Crippen molar-refractivity contribution >= 4 is 0 Å². The van der Waals surface area contributed by atoms with Crippen molar-refractivity contribution in [3.8, 4) is 0 Å². The fourth-order valence-electron chi connectivity index (χ4n) is 1.66. The first kappa shape index (κ1) is 8.84. The fraction of sp³-hybridized carbons (Fsp3) is 1.00. The van der Waals surface area contributed by atoms with Crippen LogP contribution in [0.3, 0.4) is 0 Å². The quantitative estimate of drug-likeness (QED) is 0.635. The summed E-state index contributed by atoms with van der Waals surface area (Å²) in [6.07, 6.45) is -2.34. The number of halogens is 3. The molecule has 1 nitrogen and oxygen atoms in total. The van der Waals surface area contributed by atoms with Crippen LogP contribution in [0, 0.1) is 5.41 Å². The highest BCUT2D eigenvalue weighted by molar-refractivity contribution is 4.91. The van der Waals surface area contributed by atoms with Crippen LogP contribution in [-0.4, -0.2) is 12.7 Å². The Hall–Kier alpha value is -0.250. The third kappa shape index (κ3) is 1.36. The predicted octanol–water partition coefficient (Wildman–Crippen LogP) is 2.07. The molecule has 0 aromatic heterocycles. The highest BCUT2D eigenvalue weighted by atomic mass is 19.4. The van der Waals surface area contributed by atoms with Crippen molar-refractivity contribution in [2.45, 2.75) is 31.9 Å². The zero-order chi connectivity index (χ0) is 8.54. The summed E-state index contributed by atoms with van der Waals surface area (Å²) in [5.41, 5.74) is 3.59. The maximum absolute atomic E-state index is 12.3. The lowest BCUT2D eigenvalue weighted by atomic mass is 9.86. The largest absolute Gasteiger partial charge is 0.395 e. The molecule has 0 bridgehead atoms. The second kappa shape index (κ2) is 2.66. The minimum Gasteiger partial charge on any atom is -0.330 e. The van der Waals surface area contributed by atoms with E-state index in [4.69, 9.17) is 5.73 Å². The Bertz CT molecular complexity index is 135. The van der Waals surface area contributed by atoms with Gasteiger partial charge in [0.05, 0.1) is 5.41 Å². The Morgan fingerprint density at radius 3 is 1.82 bits per heavy atom. The summed E-state index contributed by atoms with van der Waals surface area (Å²) in [6.45, 7) is -0.253. The van der Waals surface area contributed by atoms with Gasteiger partial charge in [0.2, 0.25) is 0 Å². The molecule has 0 saturated heterocycles. The first-order chi connectivity index (χ1) is 5.02. The Morgan fingerprint density at radius 2 is 1.64 bits per heavy atom. The summed E-state index contributed by atoms with van der Waals surface area (Å²) in [5, 5.41) is 0. The van der Waals surface area contributed by atoms with E-state index in [2.05, 4.69) is 0 Å². The molecule has 0 amide bonds. The summed E-state index contributed by atoms with van der Waals surface area (Å²) in [4.78, 5) is 0. The third-order valence-electron chi connectivity index (χ3n) is 2.55. The number of hydrogen-bond donors (Lipinski definition) is 1. The van der Waals surface area contributed by atoms with Crippen molar-refractivity contribution in [2.75, 3.05) is 6.54 Å². The molecule has 66 valence electrons. The topological polar surface area (TPSA) is 26.0 Å². The van der Waals surface area contributed by atoms with Gasteiger partial charge in [-0.15, -0.1) is 0 Å². The molecular formula is C7H12F3N. The molecule has 0 unspecified atom stereocenters. The van der Waals surface area contributed by atoms with Gasteiger partial charge in [-0.05, 0) is 12.8 Å². The maximum Gasteiger partial charge on any atom is 0.395 e. The smallest absolute Gasteiger partial charge is 0.330 e. The predicted molar refractivity (Wildman–Crippen MR) is 36.0 cm³/mol. The Kier molecular flexibility index (Phi) is 2.14. The standard InChI is InChI=1S/C7H12F3N/c8-7(9,10)6(5-11)3-1-2-4-6/h1-5,11H2. The van der Waals surface area contributed by atoms with Crippen molar-refractivity contribution in [1.29, 1.82) is 0 Å². The van der Waals surface area contributed by atoms with Gasteiger partial charge in [0.1, 0.15) is 0 Å². The normalized spacial score (nSPS) is 24.0. The molecule has 1 fully saturated rings. The second-order valence-electron chi connectivity index (χ2n) is 3.19. The van der Waals surface area contributed by atoms with Crippen molar-refractivity contribution in [3.63, 3.8) is 0 Å². The van der Waals surface area contributed by atoms with E-state index >= 15 is 0 Å². The van der Waals surface area contributed by atoms with Gasteiger partial charge < -0.3 is 5.73 Å². The van der Waals surface area contributed by atoms with Crippen LogP contribution in [-0.2, 0) is 0 Å². The molecule has 0 radical (unpaired) electrons. The molecule has 0 aromatic rings. The van der Waals surface area contributed by atoms with Crippen LogP contribution >= 0.6 is 0 Å². The van der Waals surface area contributed by atoms with E-state index in [9.17, 15) is 13.2 Å². The summed E-state index contributed by atoms with van der Waals surface area (Å²) in [6, 6.07) is 0. The van der Waals surface area contributed by atoms with E-state index in [0.29, 0.717) is 12.8 Å². The SMILES string of the molecule is NCC1(C(F)(F)F)CCCC1. The van der Waals surface area contributed by atoms with Crippen molar-refractivity contribution in [1.82, 2.24) is 0 Å². The summed E-state index contributed by atoms with van der Waals surface area (Å²) >= 11 is 0. The van der Waals surface area contributed by atoms with Gasteiger partial charge in [-0.2, -0.15) is 13.2 Å². The van der Waals surface area contributed by atoms with Crippen LogP contribution in [0.25, 0.3) is 0 Å². The zero-order valence-corrected chi connectivity index (χ0v) is 6.25. The molecule has 11 heavy (non-hydrogen) atoms. The molecule has 0 spiro atoms. The Balaban J connectivity index is 2.75. The van der Waals surface area contributed by atoms with E-state index < -0.39 is 11.6 Å². The summed E-state index contributed by atoms with van der Waals surface area (Å²) < 4.78 is 37.0. The molecule has 4 heteroatoms. The second-order valence-corrected chi connectivity index (χ2v) is 3.19. The Labute approximate surface area is 63.8 Å². The van der Waals surface area contributed by atoms with Gasteiger partial charge in [0, 0.05) is 6.54 Å². The third-order valence-corrected chi connectivity index (χ3v) is 2.55. The van der Waals surface area contributed by atoms with E-state index in [0.717, 1.165) is 0 Å². The van der Waals surface area contributed by atoms with Crippen molar-refractivity contribution < 1.29 is 13.2 Å². The monoisotopic (exact) mass is 167 g/mol. The van der Waals surface area contributed by atoms with Crippen molar-refractivity contribution in [3.05, 3.63) is 0 Å². The molecule has 1 aliphatic rings. The van der Waals surface area contributed by atoms with Crippen LogP contribution < -0.4 is 5.73 Å². The van der Waals surface area contributed by atoms with Crippen LogP contribution in [0.1, 0.15) is 25.7 Å². The highest BCUT2D eigenvalue weighted by Crippen LogP contribution is 2.49. The van der Waals surface area contributed by atoms with E-state index in [1.54, 1.807) is 0 Å². The van der Waals surface area contributed by atoms with Gasteiger partial charge in [-0.1, -0.05) is 12.8 Å². The van der Waals surface area contributed by atoms with E-state index in [1.165, 1.54) is 0 Å².